The van der Waals surface area contributed by atoms with Crippen LogP contribution in [-0.4, -0.2) is 30.1 Å². The zero-order chi connectivity index (χ0) is 27.9. The molecule has 0 amide bonds. The molecule has 1 N–H and O–H groups in total. The molecule has 0 atom stereocenters. The zero-order valence-electron chi connectivity index (χ0n) is 22.8. The third-order valence-electron chi connectivity index (χ3n) is 7.21. The Morgan fingerprint density at radius 2 is 1.77 bits per heavy atom. The van der Waals surface area contributed by atoms with Gasteiger partial charge in [-0.25, -0.2) is 9.59 Å². The van der Waals surface area contributed by atoms with E-state index in [0.717, 1.165) is 70.8 Å². The number of fused-ring (bicyclic) bond motifs is 1. The molecule has 0 bridgehead atoms. The number of hydrogen-bond donors (Lipinski definition) is 1. The molecule has 0 unspecified atom stereocenters. The van der Waals surface area contributed by atoms with E-state index in [9.17, 15) is 9.59 Å². The molecule has 204 valence electrons. The molecule has 1 aliphatic rings. The summed E-state index contributed by atoms with van der Waals surface area (Å²) in [5.41, 5.74) is 5.05. The van der Waals surface area contributed by atoms with E-state index in [1.165, 1.54) is 4.68 Å². The Balaban J connectivity index is 1.31. The minimum Gasteiger partial charge on any atom is -0.487 e. The highest BCUT2D eigenvalue weighted by molar-refractivity contribution is 5.80. The van der Waals surface area contributed by atoms with Crippen molar-refractivity contribution < 1.29 is 9.26 Å². The topological polar surface area (TPSA) is 108 Å². The van der Waals surface area contributed by atoms with Crippen molar-refractivity contribution in [2.24, 2.45) is 0 Å². The monoisotopic (exact) mass is 537 g/mol. The van der Waals surface area contributed by atoms with E-state index < -0.39 is 5.76 Å². The van der Waals surface area contributed by atoms with Gasteiger partial charge in [0.15, 0.2) is 5.82 Å². The van der Waals surface area contributed by atoms with Crippen molar-refractivity contribution in [3.05, 3.63) is 105 Å². The number of ether oxygens (including phenoxy) is 1. The highest BCUT2D eigenvalue weighted by Crippen LogP contribution is 2.35. The molecule has 3 aromatic carbocycles. The van der Waals surface area contributed by atoms with Gasteiger partial charge in [0.1, 0.15) is 17.2 Å². The molecule has 0 saturated carbocycles. The maximum absolute atomic E-state index is 13.7. The van der Waals surface area contributed by atoms with Crippen molar-refractivity contribution in [2.75, 3.05) is 0 Å². The Hall–Kier alpha value is -4.66. The number of H-pyrrole nitrogens is 1. The largest absolute Gasteiger partial charge is 0.487 e. The summed E-state index contributed by atoms with van der Waals surface area (Å²) in [4.78, 5) is 27.8. The molecule has 5 aromatic rings. The van der Waals surface area contributed by atoms with Crippen LogP contribution in [0, 0.1) is 0 Å². The lowest BCUT2D eigenvalue weighted by Gasteiger charge is -2.16. The molecule has 0 spiro atoms. The molecule has 2 aromatic heterocycles. The van der Waals surface area contributed by atoms with Crippen LogP contribution in [0.4, 0.5) is 0 Å². The van der Waals surface area contributed by atoms with Crippen molar-refractivity contribution in [1.82, 2.24) is 24.5 Å². The number of unbranched alkanes of at least 4 members (excludes halogenated alkanes) is 1. The van der Waals surface area contributed by atoms with Gasteiger partial charge in [-0.1, -0.05) is 67.0 Å². The van der Waals surface area contributed by atoms with Crippen molar-refractivity contribution in [3.63, 3.8) is 0 Å². The Morgan fingerprint density at radius 3 is 2.50 bits per heavy atom. The lowest BCUT2D eigenvalue weighted by Crippen LogP contribution is -2.25. The first-order valence-corrected chi connectivity index (χ1v) is 13.6. The van der Waals surface area contributed by atoms with E-state index in [-0.39, 0.29) is 11.3 Å². The molecular formula is C31H31N5O4. The van der Waals surface area contributed by atoms with Crippen molar-refractivity contribution in [1.29, 1.82) is 0 Å². The van der Waals surface area contributed by atoms with Crippen LogP contribution in [0.3, 0.4) is 0 Å². The summed E-state index contributed by atoms with van der Waals surface area (Å²) in [5.74, 6) is 1.42. The first kappa shape index (κ1) is 25.6. The SMILES string of the molecule is CCCCc1nn(-c2ccc3c(c2)CC(C)(C)O3)c(=O)n1Cc1ccc(-c2ccccc2-c2noc(=O)[nH]2)cc1. The molecule has 0 fully saturated rings. The normalized spacial score (nSPS) is 13.8. The second kappa shape index (κ2) is 10.1. The first-order chi connectivity index (χ1) is 19.3. The third-order valence-corrected chi connectivity index (χ3v) is 7.21. The first-order valence-electron chi connectivity index (χ1n) is 13.6. The number of nitrogens with one attached hydrogen (secondary N) is 1. The summed E-state index contributed by atoms with van der Waals surface area (Å²) in [6, 6.07) is 21.6. The summed E-state index contributed by atoms with van der Waals surface area (Å²) < 4.78 is 14.0. The summed E-state index contributed by atoms with van der Waals surface area (Å²) in [7, 11) is 0. The van der Waals surface area contributed by atoms with Gasteiger partial charge in [0.05, 0.1) is 12.2 Å². The van der Waals surface area contributed by atoms with E-state index in [4.69, 9.17) is 14.4 Å². The molecule has 1 aliphatic heterocycles. The standard InChI is InChI=1S/C31H31N5O4/c1-4-5-10-27-33-36(23-15-16-26-22(17-23)18-31(2,3)39-26)30(38)35(27)19-20-11-13-21(14-12-20)24-8-6-7-9-25(24)28-32-29(37)40-34-28/h6-9,11-17H,4-5,10,18-19H2,1-3H3,(H,32,34,37). The molecule has 0 aliphatic carbocycles. The number of nitrogens with zero attached hydrogens (tertiary/aromatic N) is 4. The lowest BCUT2D eigenvalue weighted by atomic mass is 9.98. The third kappa shape index (κ3) is 4.90. The van der Waals surface area contributed by atoms with Gasteiger partial charge < -0.3 is 4.74 Å². The summed E-state index contributed by atoms with van der Waals surface area (Å²) in [6.07, 6.45) is 3.47. The van der Waals surface area contributed by atoms with Gasteiger partial charge in [0.25, 0.3) is 0 Å². The Bertz CT molecular complexity index is 1790. The Kier molecular flexibility index (Phi) is 6.50. The fourth-order valence-electron chi connectivity index (χ4n) is 5.27. The summed E-state index contributed by atoms with van der Waals surface area (Å²) in [6.45, 7) is 6.68. The van der Waals surface area contributed by atoms with Gasteiger partial charge in [-0.2, -0.15) is 4.68 Å². The predicted molar refractivity (Wildman–Crippen MR) is 152 cm³/mol. The predicted octanol–water partition coefficient (Wildman–Crippen LogP) is 5.15. The number of aromatic nitrogens is 5. The number of benzene rings is 3. The maximum Gasteiger partial charge on any atom is 0.439 e. The molecule has 9 nitrogen and oxygen atoms in total. The molecule has 6 rings (SSSR count). The molecule has 0 saturated heterocycles. The fraction of sp³-hybridized carbons (Fsp3) is 0.290. The van der Waals surface area contributed by atoms with Crippen LogP contribution < -0.4 is 16.2 Å². The molecule has 3 heterocycles. The van der Waals surface area contributed by atoms with Crippen LogP contribution in [0.2, 0.25) is 0 Å². The van der Waals surface area contributed by atoms with Gasteiger partial charge in [-0.3, -0.25) is 14.1 Å². The smallest absolute Gasteiger partial charge is 0.439 e. The van der Waals surface area contributed by atoms with Crippen LogP contribution in [0.5, 0.6) is 5.75 Å². The Labute approximate surface area is 231 Å². The van der Waals surface area contributed by atoms with Crippen LogP contribution in [0.1, 0.15) is 50.6 Å². The van der Waals surface area contributed by atoms with Crippen molar-refractivity contribution in [3.8, 4) is 34.0 Å². The van der Waals surface area contributed by atoms with Gasteiger partial charge >= 0.3 is 11.4 Å². The van der Waals surface area contributed by atoms with Crippen LogP contribution in [0.15, 0.2) is 80.8 Å². The number of rotatable bonds is 8. The lowest BCUT2D eigenvalue weighted by molar-refractivity contribution is 0.138. The van der Waals surface area contributed by atoms with E-state index in [1.54, 1.807) is 4.57 Å². The molecule has 9 heteroatoms. The fourth-order valence-corrected chi connectivity index (χ4v) is 5.27. The summed E-state index contributed by atoms with van der Waals surface area (Å²) >= 11 is 0. The molecule has 0 radical (unpaired) electrons. The van der Waals surface area contributed by atoms with E-state index in [2.05, 4.69) is 30.9 Å². The van der Waals surface area contributed by atoms with Gasteiger partial charge in [-0.05, 0) is 55.2 Å². The second-order valence-corrected chi connectivity index (χ2v) is 10.8. The average molecular weight is 538 g/mol. The number of aryl methyl sites for hydroxylation is 1. The molecule has 40 heavy (non-hydrogen) atoms. The highest BCUT2D eigenvalue weighted by Gasteiger charge is 2.30. The maximum atomic E-state index is 13.7. The highest BCUT2D eigenvalue weighted by atomic mass is 16.5. The summed E-state index contributed by atoms with van der Waals surface area (Å²) in [5, 5.41) is 8.61. The van der Waals surface area contributed by atoms with Crippen LogP contribution in [0.25, 0.3) is 28.2 Å². The quantitative estimate of drug-likeness (QED) is 0.293. The molecular weight excluding hydrogens is 506 g/mol. The minimum atomic E-state index is -0.595. The van der Waals surface area contributed by atoms with E-state index in [1.807, 2.05) is 66.7 Å². The van der Waals surface area contributed by atoms with E-state index in [0.29, 0.717) is 12.4 Å². The van der Waals surface area contributed by atoms with Crippen LogP contribution >= 0.6 is 0 Å². The van der Waals surface area contributed by atoms with Gasteiger partial charge in [0.2, 0.25) is 0 Å². The van der Waals surface area contributed by atoms with E-state index >= 15 is 0 Å². The van der Waals surface area contributed by atoms with Crippen molar-refractivity contribution in [2.45, 2.75) is 58.6 Å². The zero-order valence-corrected chi connectivity index (χ0v) is 22.8. The van der Waals surface area contributed by atoms with Gasteiger partial charge in [-0.15, -0.1) is 5.10 Å². The van der Waals surface area contributed by atoms with Crippen molar-refractivity contribution >= 4 is 0 Å². The second-order valence-electron chi connectivity index (χ2n) is 10.8. The van der Waals surface area contributed by atoms with Gasteiger partial charge in [0, 0.05) is 24.0 Å². The van der Waals surface area contributed by atoms with Crippen LogP contribution in [-0.2, 0) is 19.4 Å². The number of aromatic amines is 1. The Morgan fingerprint density at radius 1 is 1.00 bits per heavy atom. The minimum absolute atomic E-state index is 0.159. The number of hydrogen-bond acceptors (Lipinski definition) is 6. The average Bonchev–Trinajstić information content (AvgIpc) is 3.61.